The molecule has 6 nitrogen and oxygen atoms in total. The van der Waals surface area contributed by atoms with Crippen molar-refractivity contribution in [3.63, 3.8) is 0 Å². The van der Waals surface area contributed by atoms with Gasteiger partial charge in [-0.25, -0.2) is 5.43 Å². The van der Waals surface area contributed by atoms with Gasteiger partial charge in [-0.15, -0.1) is 0 Å². The molecule has 4 aromatic rings. The van der Waals surface area contributed by atoms with Crippen molar-refractivity contribution >= 4 is 67.2 Å². The third-order valence-electron chi connectivity index (χ3n) is 4.85. The van der Waals surface area contributed by atoms with Crippen LogP contribution in [0.3, 0.4) is 0 Å². The molecular weight excluding hydrogens is 619 g/mol. The minimum Gasteiger partial charge on any atom is -0.489 e. The molecule has 0 aliphatic rings. The van der Waals surface area contributed by atoms with Crippen LogP contribution >= 0.6 is 55.1 Å². The van der Waals surface area contributed by atoms with Crippen LogP contribution in [-0.2, 0) is 13.2 Å². The number of rotatable bonds is 8. The molecule has 0 saturated heterocycles. The zero-order valence-corrected chi connectivity index (χ0v) is 22.8. The molecule has 1 heterocycles. The van der Waals surface area contributed by atoms with Gasteiger partial charge >= 0.3 is 0 Å². The molecule has 10 heteroatoms. The largest absolute Gasteiger partial charge is 0.489 e. The Morgan fingerprint density at radius 2 is 1.94 bits per heavy atom. The van der Waals surface area contributed by atoms with E-state index in [-0.39, 0.29) is 5.69 Å². The smallest absolute Gasteiger partial charge is 0.291 e. The van der Waals surface area contributed by atoms with Crippen LogP contribution in [0.2, 0.25) is 10.0 Å². The molecular formula is C25H18Br2Cl2N4O2. The average molecular weight is 637 g/mol. The molecule has 0 aliphatic carbocycles. The number of halogens is 4. The summed E-state index contributed by atoms with van der Waals surface area (Å²) in [4.78, 5) is 12.5. The first-order valence-corrected chi connectivity index (χ1v) is 12.7. The van der Waals surface area contributed by atoms with Gasteiger partial charge in [-0.05, 0) is 59.7 Å². The van der Waals surface area contributed by atoms with Crippen LogP contribution in [0, 0.1) is 0 Å². The summed E-state index contributed by atoms with van der Waals surface area (Å²) in [5.74, 6) is 0.251. The van der Waals surface area contributed by atoms with Crippen LogP contribution in [0.25, 0.3) is 0 Å². The van der Waals surface area contributed by atoms with E-state index in [0.717, 1.165) is 25.6 Å². The van der Waals surface area contributed by atoms with Gasteiger partial charge in [0.1, 0.15) is 12.4 Å². The normalized spacial score (nSPS) is 11.1. The number of benzene rings is 3. The number of hydrogen-bond donors (Lipinski definition) is 1. The molecule has 35 heavy (non-hydrogen) atoms. The summed E-state index contributed by atoms with van der Waals surface area (Å²) in [6.45, 7) is 0.838. The predicted molar refractivity (Wildman–Crippen MR) is 145 cm³/mol. The van der Waals surface area contributed by atoms with Crippen molar-refractivity contribution in [1.29, 1.82) is 0 Å². The monoisotopic (exact) mass is 634 g/mol. The predicted octanol–water partition coefficient (Wildman–Crippen LogP) is 7.11. The summed E-state index contributed by atoms with van der Waals surface area (Å²) in [7, 11) is 0. The first kappa shape index (κ1) is 25.4. The Balaban J connectivity index is 1.35. The molecule has 1 amide bonds. The molecule has 0 bridgehead atoms. The Kier molecular flexibility index (Phi) is 8.62. The van der Waals surface area contributed by atoms with E-state index in [1.165, 1.54) is 0 Å². The summed E-state index contributed by atoms with van der Waals surface area (Å²) in [6, 6.07) is 20.3. The van der Waals surface area contributed by atoms with E-state index in [1.807, 2.05) is 48.5 Å². The number of hydrazone groups is 1. The van der Waals surface area contributed by atoms with Gasteiger partial charge in [-0.1, -0.05) is 73.3 Å². The number of hydrogen-bond acceptors (Lipinski definition) is 4. The molecule has 1 aromatic heterocycles. The van der Waals surface area contributed by atoms with Crippen LogP contribution in [0.1, 0.15) is 27.2 Å². The van der Waals surface area contributed by atoms with Gasteiger partial charge in [0, 0.05) is 30.8 Å². The minimum absolute atomic E-state index is 0.234. The molecule has 0 atom stereocenters. The van der Waals surface area contributed by atoms with E-state index in [9.17, 15) is 4.79 Å². The van der Waals surface area contributed by atoms with Crippen molar-refractivity contribution in [3.8, 4) is 5.75 Å². The fourth-order valence-corrected chi connectivity index (χ4v) is 4.38. The third-order valence-corrected chi connectivity index (χ3v) is 6.65. The molecule has 3 aromatic carbocycles. The summed E-state index contributed by atoms with van der Waals surface area (Å²) in [6.07, 6.45) is 3.24. The Hall–Kier alpha value is -2.65. The summed E-state index contributed by atoms with van der Waals surface area (Å²) >= 11 is 19.1. The standard InChI is InChI=1S/C25H18Br2Cl2N4O2/c26-19-3-1-2-16(10-19)15-35-21-6-7-22(27)18(11-21)13-30-31-25(34)24-8-9-33(32-24)14-17-4-5-20(28)12-23(17)29/h1-13H,14-15H2,(H,31,34)/b30-13-. The lowest BCUT2D eigenvalue weighted by Gasteiger charge is -2.08. The van der Waals surface area contributed by atoms with Gasteiger partial charge < -0.3 is 4.74 Å². The molecule has 178 valence electrons. The van der Waals surface area contributed by atoms with E-state index in [1.54, 1.807) is 35.3 Å². The first-order valence-electron chi connectivity index (χ1n) is 10.3. The molecule has 0 aliphatic heterocycles. The number of carbonyl (C=O) groups is 1. The van der Waals surface area contributed by atoms with Gasteiger partial charge in [0.05, 0.1) is 12.8 Å². The number of amides is 1. The quantitative estimate of drug-likeness (QED) is 0.166. The fourth-order valence-electron chi connectivity index (χ4n) is 3.12. The van der Waals surface area contributed by atoms with Crippen LogP contribution in [0.5, 0.6) is 5.75 Å². The van der Waals surface area contributed by atoms with E-state index in [4.69, 9.17) is 27.9 Å². The van der Waals surface area contributed by atoms with E-state index >= 15 is 0 Å². The number of aromatic nitrogens is 2. The highest BCUT2D eigenvalue weighted by Gasteiger charge is 2.10. The highest BCUT2D eigenvalue weighted by Crippen LogP contribution is 2.23. The van der Waals surface area contributed by atoms with Crippen molar-refractivity contribution in [2.45, 2.75) is 13.2 Å². The van der Waals surface area contributed by atoms with Crippen molar-refractivity contribution in [3.05, 3.63) is 114 Å². The second-order valence-corrected chi connectivity index (χ2v) is 10.0. The van der Waals surface area contributed by atoms with Gasteiger partial charge in [0.15, 0.2) is 5.69 Å². The maximum atomic E-state index is 12.5. The second kappa shape index (κ2) is 11.9. The maximum Gasteiger partial charge on any atom is 0.291 e. The van der Waals surface area contributed by atoms with E-state index in [2.05, 4.69) is 47.5 Å². The Morgan fingerprint density at radius 1 is 1.09 bits per heavy atom. The first-order chi connectivity index (χ1) is 16.9. The number of nitrogens with one attached hydrogen (secondary N) is 1. The van der Waals surface area contributed by atoms with Crippen molar-refractivity contribution in [1.82, 2.24) is 15.2 Å². The van der Waals surface area contributed by atoms with Gasteiger partial charge in [0.2, 0.25) is 0 Å². The molecule has 0 unspecified atom stereocenters. The Morgan fingerprint density at radius 3 is 2.74 bits per heavy atom. The number of nitrogens with zero attached hydrogens (tertiary/aromatic N) is 3. The second-order valence-electron chi connectivity index (χ2n) is 7.44. The van der Waals surface area contributed by atoms with Gasteiger partial charge in [0.25, 0.3) is 5.91 Å². The zero-order valence-electron chi connectivity index (χ0n) is 18.1. The van der Waals surface area contributed by atoms with E-state index in [0.29, 0.717) is 28.9 Å². The number of carbonyl (C=O) groups excluding carboxylic acids is 1. The van der Waals surface area contributed by atoms with Gasteiger partial charge in [-0.2, -0.15) is 10.2 Å². The molecule has 0 spiro atoms. The van der Waals surface area contributed by atoms with Crippen LogP contribution in [-0.4, -0.2) is 21.9 Å². The van der Waals surface area contributed by atoms with Crippen molar-refractivity contribution in [2.75, 3.05) is 0 Å². The van der Waals surface area contributed by atoms with Crippen LogP contribution < -0.4 is 10.2 Å². The lowest BCUT2D eigenvalue weighted by atomic mass is 10.2. The Bertz CT molecular complexity index is 1390. The zero-order chi connectivity index (χ0) is 24.8. The molecule has 0 saturated carbocycles. The van der Waals surface area contributed by atoms with Crippen LogP contribution in [0.15, 0.2) is 87.0 Å². The molecule has 4 rings (SSSR count). The lowest BCUT2D eigenvalue weighted by molar-refractivity contribution is 0.0949. The summed E-state index contributed by atoms with van der Waals surface area (Å²) < 4.78 is 9.32. The fraction of sp³-hybridized carbons (Fsp3) is 0.0800. The Labute approximate surface area is 229 Å². The van der Waals surface area contributed by atoms with Crippen molar-refractivity contribution in [2.24, 2.45) is 5.10 Å². The average Bonchev–Trinajstić information content (AvgIpc) is 3.30. The molecule has 0 radical (unpaired) electrons. The summed E-state index contributed by atoms with van der Waals surface area (Å²) in [5.41, 5.74) is 5.37. The van der Waals surface area contributed by atoms with Gasteiger partial charge in [-0.3, -0.25) is 9.48 Å². The lowest BCUT2D eigenvalue weighted by Crippen LogP contribution is -2.18. The highest BCUT2D eigenvalue weighted by molar-refractivity contribution is 9.10. The van der Waals surface area contributed by atoms with Crippen LogP contribution in [0.4, 0.5) is 0 Å². The SMILES string of the molecule is O=C(N/N=C\c1cc(OCc2cccc(Br)c2)ccc1Br)c1ccn(Cc2ccc(Cl)cc2Cl)n1. The molecule has 1 N–H and O–H groups in total. The maximum absolute atomic E-state index is 12.5. The number of ether oxygens (including phenoxy) is 1. The van der Waals surface area contributed by atoms with Crippen molar-refractivity contribution < 1.29 is 9.53 Å². The third kappa shape index (κ3) is 7.18. The summed E-state index contributed by atoms with van der Waals surface area (Å²) in [5, 5.41) is 9.46. The molecule has 0 fully saturated rings. The topological polar surface area (TPSA) is 68.5 Å². The highest BCUT2D eigenvalue weighted by atomic mass is 79.9. The van der Waals surface area contributed by atoms with E-state index < -0.39 is 5.91 Å². The minimum atomic E-state index is -0.430.